The van der Waals surface area contributed by atoms with E-state index in [4.69, 9.17) is 5.11 Å². The molecule has 2 amide bonds. The van der Waals surface area contributed by atoms with Gasteiger partial charge in [0, 0.05) is 41.8 Å². The van der Waals surface area contributed by atoms with Crippen molar-refractivity contribution in [2.24, 2.45) is 7.05 Å². The molecule has 2 aromatic carbocycles. The first-order chi connectivity index (χ1) is 13.1. The van der Waals surface area contributed by atoms with Gasteiger partial charge < -0.3 is 20.3 Å². The third-order valence-electron chi connectivity index (χ3n) is 4.15. The molecule has 0 unspecified atom stereocenters. The number of aromatic nitrogens is 1. The van der Waals surface area contributed by atoms with Gasteiger partial charge in [-0.25, -0.2) is 0 Å². The molecule has 3 rings (SSSR count). The fourth-order valence-electron chi connectivity index (χ4n) is 2.85. The first-order valence-electron chi connectivity index (χ1n) is 8.61. The Morgan fingerprint density at radius 1 is 1.07 bits per heavy atom. The monoisotopic (exact) mass is 363 g/mol. The SMILES string of the molecule is Cn1cc(C=C(NC(=O)c2ccccc2)C(=O)NCCO)c2ccccc21. The molecule has 138 valence electrons. The predicted octanol–water partition coefficient (Wildman–Crippen LogP) is 2.06. The highest BCUT2D eigenvalue weighted by Gasteiger charge is 2.15. The number of aliphatic hydroxyl groups excluding tert-OH is 1. The number of hydrogen-bond donors (Lipinski definition) is 3. The highest BCUT2D eigenvalue weighted by atomic mass is 16.3. The first kappa shape index (κ1) is 18.4. The molecule has 1 heterocycles. The van der Waals surface area contributed by atoms with Crippen LogP contribution in [0.15, 0.2) is 66.5 Å². The maximum atomic E-state index is 12.5. The third-order valence-corrected chi connectivity index (χ3v) is 4.15. The quantitative estimate of drug-likeness (QED) is 0.586. The number of aryl methyl sites for hydroxylation is 1. The van der Waals surface area contributed by atoms with Crippen molar-refractivity contribution < 1.29 is 14.7 Å². The Bertz CT molecular complexity index is 990. The average Bonchev–Trinajstić information content (AvgIpc) is 3.02. The number of fused-ring (bicyclic) bond motifs is 1. The van der Waals surface area contributed by atoms with Crippen molar-refractivity contribution in [3.8, 4) is 0 Å². The number of nitrogens with zero attached hydrogens (tertiary/aromatic N) is 1. The lowest BCUT2D eigenvalue weighted by atomic mass is 10.1. The molecule has 0 aliphatic rings. The van der Waals surface area contributed by atoms with Crippen molar-refractivity contribution in [1.82, 2.24) is 15.2 Å². The van der Waals surface area contributed by atoms with Crippen molar-refractivity contribution in [2.45, 2.75) is 0 Å². The van der Waals surface area contributed by atoms with Crippen molar-refractivity contribution in [2.75, 3.05) is 13.2 Å². The van der Waals surface area contributed by atoms with Gasteiger partial charge in [0.1, 0.15) is 5.70 Å². The van der Waals surface area contributed by atoms with Crippen LogP contribution in [0.25, 0.3) is 17.0 Å². The van der Waals surface area contributed by atoms with Gasteiger partial charge in [-0.3, -0.25) is 9.59 Å². The third kappa shape index (κ3) is 4.24. The molecule has 0 spiro atoms. The molecule has 6 heteroatoms. The second kappa shape index (κ2) is 8.33. The molecule has 6 nitrogen and oxygen atoms in total. The van der Waals surface area contributed by atoms with E-state index in [9.17, 15) is 9.59 Å². The molecular weight excluding hydrogens is 342 g/mol. The number of carbonyl (C=O) groups excluding carboxylic acids is 2. The summed E-state index contributed by atoms with van der Waals surface area (Å²) in [4.78, 5) is 25.0. The number of rotatable bonds is 6. The summed E-state index contributed by atoms with van der Waals surface area (Å²) in [6.45, 7) is -0.0766. The summed E-state index contributed by atoms with van der Waals surface area (Å²) in [5, 5.41) is 15.2. The van der Waals surface area contributed by atoms with Gasteiger partial charge in [0.15, 0.2) is 0 Å². The standard InChI is InChI=1S/C21H21N3O3/c1-24-14-16(17-9-5-6-10-19(17)24)13-18(21(27)22-11-12-25)23-20(26)15-7-3-2-4-8-15/h2-10,13-14,25H,11-12H2,1H3,(H,22,27)(H,23,26). The minimum absolute atomic E-state index is 0.104. The summed E-state index contributed by atoms with van der Waals surface area (Å²) in [5.41, 5.74) is 2.41. The number of aliphatic hydroxyl groups is 1. The van der Waals surface area contributed by atoms with E-state index >= 15 is 0 Å². The van der Waals surface area contributed by atoms with E-state index in [0.717, 1.165) is 16.5 Å². The zero-order valence-corrected chi connectivity index (χ0v) is 15.0. The topological polar surface area (TPSA) is 83.4 Å². The fraction of sp³-hybridized carbons (Fsp3) is 0.143. The first-order valence-corrected chi connectivity index (χ1v) is 8.61. The molecule has 0 atom stereocenters. The normalized spacial score (nSPS) is 11.4. The van der Waals surface area contributed by atoms with Crippen LogP contribution in [-0.4, -0.2) is 34.6 Å². The predicted molar refractivity (Wildman–Crippen MR) is 105 cm³/mol. The second-order valence-electron chi connectivity index (χ2n) is 6.07. The number of para-hydroxylation sites is 1. The Morgan fingerprint density at radius 2 is 1.78 bits per heavy atom. The van der Waals surface area contributed by atoms with Crippen LogP contribution in [0.3, 0.4) is 0 Å². The van der Waals surface area contributed by atoms with Crippen LogP contribution < -0.4 is 10.6 Å². The molecule has 0 aliphatic carbocycles. The molecule has 0 fully saturated rings. The lowest BCUT2D eigenvalue weighted by Gasteiger charge is -2.10. The molecule has 0 saturated carbocycles. The molecule has 3 N–H and O–H groups in total. The van der Waals surface area contributed by atoms with E-state index in [1.807, 2.05) is 48.1 Å². The largest absolute Gasteiger partial charge is 0.395 e. The van der Waals surface area contributed by atoms with E-state index < -0.39 is 5.91 Å². The Hall–Kier alpha value is -3.38. The van der Waals surface area contributed by atoms with Crippen molar-refractivity contribution in [1.29, 1.82) is 0 Å². The molecule has 0 bridgehead atoms. The van der Waals surface area contributed by atoms with Crippen LogP contribution in [0.1, 0.15) is 15.9 Å². The minimum Gasteiger partial charge on any atom is -0.395 e. The van der Waals surface area contributed by atoms with Crippen LogP contribution in [0.5, 0.6) is 0 Å². The summed E-state index contributed by atoms with van der Waals surface area (Å²) in [6.07, 6.45) is 3.55. The zero-order chi connectivity index (χ0) is 19.2. The number of amides is 2. The summed E-state index contributed by atoms with van der Waals surface area (Å²) >= 11 is 0. The molecule has 0 radical (unpaired) electrons. The lowest BCUT2D eigenvalue weighted by Crippen LogP contribution is -2.36. The Labute approximate surface area is 157 Å². The minimum atomic E-state index is -0.457. The average molecular weight is 363 g/mol. The number of carbonyl (C=O) groups is 2. The summed E-state index contributed by atoms with van der Waals surface area (Å²) in [5.74, 6) is -0.831. The van der Waals surface area contributed by atoms with Crippen LogP contribution in [-0.2, 0) is 11.8 Å². The van der Waals surface area contributed by atoms with Crippen LogP contribution in [0.2, 0.25) is 0 Å². The maximum absolute atomic E-state index is 12.5. The van der Waals surface area contributed by atoms with E-state index in [1.54, 1.807) is 30.3 Å². The Balaban J connectivity index is 1.97. The summed E-state index contributed by atoms with van der Waals surface area (Å²) in [7, 11) is 1.92. The summed E-state index contributed by atoms with van der Waals surface area (Å²) < 4.78 is 1.96. The van der Waals surface area contributed by atoms with Gasteiger partial charge >= 0.3 is 0 Å². The molecule has 0 saturated heterocycles. The summed E-state index contributed by atoms with van der Waals surface area (Å²) in [6, 6.07) is 16.5. The number of nitrogens with one attached hydrogen (secondary N) is 2. The van der Waals surface area contributed by atoms with Crippen molar-refractivity contribution in [3.05, 3.63) is 77.6 Å². The highest BCUT2D eigenvalue weighted by Crippen LogP contribution is 2.22. The van der Waals surface area contributed by atoms with Crippen LogP contribution in [0.4, 0.5) is 0 Å². The second-order valence-corrected chi connectivity index (χ2v) is 6.07. The zero-order valence-electron chi connectivity index (χ0n) is 15.0. The van der Waals surface area contributed by atoms with Gasteiger partial charge in [-0.1, -0.05) is 36.4 Å². The van der Waals surface area contributed by atoms with Gasteiger partial charge in [-0.2, -0.15) is 0 Å². The van der Waals surface area contributed by atoms with Gasteiger partial charge in [-0.05, 0) is 24.3 Å². The smallest absolute Gasteiger partial charge is 0.267 e. The van der Waals surface area contributed by atoms with Crippen LogP contribution in [0, 0.1) is 0 Å². The molecule has 1 aromatic heterocycles. The molecule has 0 aliphatic heterocycles. The molecule has 3 aromatic rings. The molecule has 27 heavy (non-hydrogen) atoms. The van der Waals surface area contributed by atoms with Gasteiger partial charge in [0.25, 0.3) is 11.8 Å². The van der Waals surface area contributed by atoms with Gasteiger partial charge in [0.05, 0.1) is 6.61 Å². The highest BCUT2D eigenvalue weighted by molar-refractivity contribution is 6.06. The molecular formula is C21H21N3O3. The fourth-order valence-corrected chi connectivity index (χ4v) is 2.85. The Kier molecular flexibility index (Phi) is 5.68. The van der Waals surface area contributed by atoms with Crippen molar-refractivity contribution >= 4 is 28.8 Å². The van der Waals surface area contributed by atoms with Gasteiger partial charge in [0.2, 0.25) is 0 Å². The van der Waals surface area contributed by atoms with E-state index in [-0.39, 0.29) is 24.8 Å². The Morgan fingerprint density at radius 3 is 2.52 bits per heavy atom. The van der Waals surface area contributed by atoms with E-state index in [0.29, 0.717) is 5.56 Å². The maximum Gasteiger partial charge on any atom is 0.267 e. The van der Waals surface area contributed by atoms with E-state index in [1.165, 1.54) is 0 Å². The van der Waals surface area contributed by atoms with Crippen LogP contribution >= 0.6 is 0 Å². The van der Waals surface area contributed by atoms with Crippen molar-refractivity contribution in [3.63, 3.8) is 0 Å². The lowest BCUT2D eigenvalue weighted by molar-refractivity contribution is -0.117. The number of hydrogen-bond acceptors (Lipinski definition) is 3. The van der Waals surface area contributed by atoms with Gasteiger partial charge in [-0.15, -0.1) is 0 Å². The number of benzene rings is 2. The van der Waals surface area contributed by atoms with E-state index in [2.05, 4.69) is 10.6 Å².